The van der Waals surface area contributed by atoms with Crippen molar-refractivity contribution in [3.63, 3.8) is 0 Å². The SMILES string of the molecule is CSCCCS(=O)(=O)CC1(CC(=O)O)CC1. The van der Waals surface area contributed by atoms with Gasteiger partial charge in [0.1, 0.15) is 0 Å². The van der Waals surface area contributed by atoms with Gasteiger partial charge in [0.2, 0.25) is 0 Å². The highest BCUT2D eigenvalue weighted by Crippen LogP contribution is 2.49. The summed E-state index contributed by atoms with van der Waals surface area (Å²) in [5.41, 5.74) is -0.440. The molecule has 0 saturated heterocycles. The van der Waals surface area contributed by atoms with E-state index in [0.29, 0.717) is 6.42 Å². The third-order valence-electron chi connectivity index (χ3n) is 2.81. The van der Waals surface area contributed by atoms with E-state index in [1.807, 2.05) is 6.26 Å². The highest BCUT2D eigenvalue weighted by Gasteiger charge is 2.47. The number of sulfone groups is 1. The Morgan fingerprint density at radius 1 is 1.44 bits per heavy atom. The van der Waals surface area contributed by atoms with Gasteiger partial charge in [-0.15, -0.1) is 0 Å². The molecule has 0 aliphatic heterocycles. The molecule has 94 valence electrons. The van der Waals surface area contributed by atoms with Crippen LogP contribution in [0.2, 0.25) is 0 Å². The van der Waals surface area contributed by atoms with Crippen LogP contribution in [0.1, 0.15) is 25.7 Å². The van der Waals surface area contributed by atoms with Gasteiger partial charge in [-0.05, 0) is 36.7 Å². The maximum atomic E-state index is 11.7. The molecule has 1 fully saturated rings. The molecule has 16 heavy (non-hydrogen) atoms. The van der Waals surface area contributed by atoms with Crippen molar-refractivity contribution in [1.29, 1.82) is 0 Å². The summed E-state index contributed by atoms with van der Waals surface area (Å²) < 4.78 is 23.5. The van der Waals surface area contributed by atoms with E-state index in [9.17, 15) is 13.2 Å². The first-order valence-corrected chi connectivity index (χ1v) is 8.52. The number of carboxylic acid groups (broad SMARTS) is 1. The first-order chi connectivity index (χ1) is 7.39. The van der Waals surface area contributed by atoms with Crippen LogP contribution in [0.4, 0.5) is 0 Å². The second-order valence-electron chi connectivity index (χ2n) is 4.51. The molecule has 1 N–H and O–H groups in total. The quantitative estimate of drug-likeness (QED) is 0.673. The Hall–Kier alpha value is -0.230. The Morgan fingerprint density at radius 3 is 2.50 bits per heavy atom. The number of rotatable bonds is 8. The molecule has 0 atom stereocenters. The van der Waals surface area contributed by atoms with Gasteiger partial charge in [0.15, 0.2) is 9.84 Å². The highest BCUT2D eigenvalue weighted by molar-refractivity contribution is 7.98. The lowest BCUT2D eigenvalue weighted by atomic mass is 10.1. The van der Waals surface area contributed by atoms with Gasteiger partial charge in [-0.25, -0.2) is 8.42 Å². The maximum absolute atomic E-state index is 11.7. The molecule has 0 aromatic rings. The Morgan fingerprint density at radius 2 is 2.06 bits per heavy atom. The standard InChI is InChI=1S/C10H18O4S2/c1-15-5-2-6-16(13,14)8-10(3-4-10)7-9(11)12/h2-8H2,1H3,(H,11,12). The van der Waals surface area contributed by atoms with E-state index in [1.165, 1.54) is 0 Å². The van der Waals surface area contributed by atoms with Gasteiger partial charge in [0.05, 0.1) is 17.9 Å². The number of carbonyl (C=O) groups is 1. The van der Waals surface area contributed by atoms with E-state index in [2.05, 4.69) is 0 Å². The minimum Gasteiger partial charge on any atom is -0.481 e. The Labute approximate surface area is 101 Å². The molecule has 0 aromatic carbocycles. The minimum absolute atomic E-state index is 0.00520. The van der Waals surface area contributed by atoms with Crippen molar-refractivity contribution in [2.24, 2.45) is 5.41 Å². The van der Waals surface area contributed by atoms with Crippen molar-refractivity contribution in [3.8, 4) is 0 Å². The Kier molecular flexibility index (Phi) is 4.67. The van der Waals surface area contributed by atoms with Crippen molar-refractivity contribution in [2.75, 3.05) is 23.5 Å². The largest absolute Gasteiger partial charge is 0.481 e. The molecule has 6 heteroatoms. The normalized spacial score (nSPS) is 18.3. The first kappa shape index (κ1) is 13.8. The van der Waals surface area contributed by atoms with Crippen LogP contribution < -0.4 is 0 Å². The van der Waals surface area contributed by atoms with Crippen LogP contribution in [0.25, 0.3) is 0 Å². The molecule has 0 heterocycles. The lowest BCUT2D eigenvalue weighted by Gasteiger charge is -2.12. The molecule has 1 aliphatic rings. The summed E-state index contributed by atoms with van der Waals surface area (Å²) in [5, 5.41) is 8.70. The molecule has 1 rings (SSSR count). The average molecular weight is 266 g/mol. The molecule has 0 radical (unpaired) electrons. The van der Waals surface area contributed by atoms with Crippen LogP contribution in [0, 0.1) is 5.41 Å². The lowest BCUT2D eigenvalue weighted by Crippen LogP contribution is -2.22. The summed E-state index contributed by atoms with van der Waals surface area (Å²) in [6.07, 6.45) is 4.07. The Balaban J connectivity index is 2.43. The van der Waals surface area contributed by atoms with Crippen LogP contribution in [0.5, 0.6) is 0 Å². The van der Waals surface area contributed by atoms with E-state index >= 15 is 0 Å². The van der Waals surface area contributed by atoms with Gasteiger partial charge in [-0.2, -0.15) is 11.8 Å². The Bertz CT molecular complexity index is 344. The summed E-state index contributed by atoms with van der Waals surface area (Å²) in [4.78, 5) is 10.6. The fourth-order valence-corrected chi connectivity index (χ4v) is 4.50. The maximum Gasteiger partial charge on any atom is 0.303 e. The zero-order valence-corrected chi connectivity index (χ0v) is 11.1. The number of carboxylic acids is 1. The zero-order valence-electron chi connectivity index (χ0n) is 9.44. The summed E-state index contributed by atoms with van der Waals surface area (Å²) in [6.45, 7) is 0. The number of hydrogen-bond donors (Lipinski definition) is 1. The average Bonchev–Trinajstić information content (AvgIpc) is 2.82. The zero-order chi connectivity index (χ0) is 12.2. The predicted molar refractivity (Wildman–Crippen MR) is 65.6 cm³/mol. The summed E-state index contributed by atoms with van der Waals surface area (Å²) in [7, 11) is -3.07. The van der Waals surface area contributed by atoms with Crippen molar-refractivity contribution >= 4 is 27.6 Å². The molecular formula is C10H18O4S2. The van der Waals surface area contributed by atoms with Crippen molar-refractivity contribution in [2.45, 2.75) is 25.7 Å². The van der Waals surface area contributed by atoms with Gasteiger partial charge in [-0.1, -0.05) is 0 Å². The van der Waals surface area contributed by atoms with Crippen LogP contribution in [0.15, 0.2) is 0 Å². The predicted octanol–water partition coefficient (Wildman–Crippen LogP) is 1.41. The molecule has 0 spiro atoms. The van der Waals surface area contributed by atoms with Gasteiger partial charge in [0.25, 0.3) is 0 Å². The smallest absolute Gasteiger partial charge is 0.303 e. The lowest BCUT2D eigenvalue weighted by molar-refractivity contribution is -0.138. The van der Waals surface area contributed by atoms with E-state index < -0.39 is 21.2 Å². The van der Waals surface area contributed by atoms with Crippen LogP contribution in [-0.2, 0) is 14.6 Å². The molecule has 0 bridgehead atoms. The third kappa shape index (κ3) is 4.74. The summed E-state index contributed by atoms with van der Waals surface area (Å²) in [6, 6.07) is 0. The topological polar surface area (TPSA) is 71.4 Å². The highest BCUT2D eigenvalue weighted by atomic mass is 32.2. The second-order valence-corrected chi connectivity index (χ2v) is 7.68. The molecule has 0 aromatic heterocycles. The number of aliphatic carboxylic acids is 1. The molecule has 1 saturated carbocycles. The van der Waals surface area contributed by atoms with Crippen LogP contribution in [-0.4, -0.2) is 43.0 Å². The van der Waals surface area contributed by atoms with Crippen LogP contribution >= 0.6 is 11.8 Å². The van der Waals surface area contributed by atoms with Crippen molar-refractivity contribution < 1.29 is 18.3 Å². The molecule has 4 nitrogen and oxygen atoms in total. The van der Waals surface area contributed by atoms with Crippen molar-refractivity contribution in [1.82, 2.24) is 0 Å². The van der Waals surface area contributed by atoms with Gasteiger partial charge < -0.3 is 5.11 Å². The number of thioether (sulfide) groups is 1. The molecular weight excluding hydrogens is 248 g/mol. The van der Waals surface area contributed by atoms with E-state index in [4.69, 9.17) is 5.11 Å². The third-order valence-corrected chi connectivity index (χ3v) is 5.47. The van der Waals surface area contributed by atoms with Gasteiger partial charge >= 0.3 is 5.97 Å². The summed E-state index contributed by atoms with van der Waals surface area (Å²) >= 11 is 1.63. The van der Waals surface area contributed by atoms with Crippen LogP contribution in [0.3, 0.4) is 0 Å². The minimum atomic E-state index is -3.07. The van der Waals surface area contributed by atoms with Gasteiger partial charge in [0, 0.05) is 0 Å². The fraction of sp³-hybridized carbons (Fsp3) is 0.900. The fourth-order valence-electron chi connectivity index (χ4n) is 1.83. The number of hydrogen-bond acceptors (Lipinski definition) is 4. The van der Waals surface area contributed by atoms with E-state index in [0.717, 1.165) is 18.6 Å². The second kappa shape index (κ2) is 5.40. The van der Waals surface area contributed by atoms with Crippen molar-refractivity contribution in [3.05, 3.63) is 0 Å². The molecule has 1 aliphatic carbocycles. The van der Waals surface area contributed by atoms with E-state index in [1.54, 1.807) is 11.8 Å². The molecule has 0 unspecified atom stereocenters. The summed E-state index contributed by atoms with van der Waals surface area (Å²) in [5.74, 6) is 0.193. The molecule has 0 amide bonds. The monoisotopic (exact) mass is 266 g/mol. The first-order valence-electron chi connectivity index (χ1n) is 5.30. The van der Waals surface area contributed by atoms with Gasteiger partial charge in [-0.3, -0.25) is 4.79 Å². The van der Waals surface area contributed by atoms with E-state index in [-0.39, 0.29) is 17.9 Å².